The number of hydrogen-bond donors (Lipinski definition) is 2. The van der Waals surface area contributed by atoms with Crippen molar-refractivity contribution in [3.63, 3.8) is 0 Å². The van der Waals surface area contributed by atoms with Gasteiger partial charge in [0.1, 0.15) is 17.1 Å². The zero-order chi connectivity index (χ0) is 18.1. The molecule has 0 spiro atoms. The number of carbonyl (C=O) groups excluding carboxylic acids is 1. The summed E-state index contributed by atoms with van der Waals surface area (Å²) in [5, 5.41) is 0. The first-order valence-corrected chi connectivity index (χ1v) is 7.98. The van der Waals surface area contributed by atoms with Gasteiger partial charge < -0.3 is 15.5 Å². The molecule has 0 aliphatic rings. The van der Waals surface area contributed by atoms with Gasteiger partial charge in [0.15, 0.2) is 11.3 Å². The second kappa shape index (κ2) is 6.39. The van der Waals surface area contributed by atoms with E-state index in [4.69, 9.17) is 10.5 Å². The predicted octanol–water partition coefficient (Wildman–Crippen LogP) is 1.73. The van der Waals surface area contributed by atoms with Crippen molar-refractivity contribution >= 4 is 17.1 Å². The van der Waals surface area contributed by atoms with Crippen LogP contribution in [0, 0.1) is 0 Å². The molecule has 3 N–H and O–H groups in total. The van der Waals surface area contributed by atoms with Crippen molar-refractivity contribution in [2.45, 2.75) is 26.7 Å². The minimum atomic E-state index is -0.714. The summed E-state index contributed by atoms with van der Waals surface area (Å²) in [7, 11) is 0. The molecule has 0 bridgehead atoms. The molecule has 0 unspecified atom stereocenters. The van der Waals surface area contributed by atoms with Crippen molar-refractivity contribution in [1.29, 1.82) is 0 Å². The number of primary amides is 1. The van der Waals surface area contributed by atoms with E-state index in [1.165, 1.54) is 4.57 Å². The molecule has 0 aliphatic carbocycles. The van der Waals surface area contributed by atoms with E-state index >= 15 is 0 Å². The Kier molecular flexibility index (Phi) is 4.26. The molecule has 2 aromatic heterocycles. The monoisotopic (exact) mass is 341 g/mol. The highest BCUT2D eigenvalue weighted by atomic mass is 16.5. The van der Waals surface area contributed by atoms with Gasteiger partial charge in [-0.15, -0.1) is 0 Å². The minimum Gasteiger partial charge on any atom is -0.494 e. The van der Waals surface area contributed by atoms with Gasteiger partial charge in [-0.25, -0.2) is 19.3 Å². The van der Waals surface area contributed by atoms with Gasteiger partial charge >= 0.3 is 5.69 Å². The number of imidazole rings is 1. The number of nitrogens with two attached hydrogens (primary N) is 1. The molecule has 3 rings (SSSR count). The van der Waals surface area contributed by atoms with E-state index in [-0.39, 0.29) is 17.1 Å². The normalized spacial score (nSPS) is 11.2. The van der Waals surface area contributed by atoms with Crippen LogP contribution in [-0.2, 0) is 0 Å². The summed E-state index contributed by atoms with van der Waals surface area (Å²) in [6, 6.07) is 7.04. The number of aromatic nitrogens is 4. The molecule has 0 atom stereocenters. The third kappa shape index (κ3) is 2.98. The number of H-pyrrole nitrogens is 1. The summed E-state index contributed by atoms with van der Waals surface area (Å²) in [5.74, 6) is 0.408. The highest BCUT2D eigenvalue weighted by Gasteiger charge is 2.20. The fourth-order valence-corrected chi connectivity index (χ4v) is 2.54. The van der Waals surface area contributed by atoms with Crippen LogP contribution in [0.15, 0.2) is 29.1 Å². The highest BCUT2D eigenvalue weighted by molar-refractivity contribution is 6.01. The standard InChI is InChI=1S/C17H19N5O3/c1-4-25-11-7-5-10(6-8-11)22-16-13(20-17(22)24)12(14(18)23)19-15(21-16)9(2)3/h5-9H,4H2,1-3H3,(H2,18,23)(H,20,24). The number of nitrogens with one attached hydrogen (secondary N) is 1. The molecule has 0 saturated heterocycles. The van der Waals surface area contributed by atoms with Crippen LogP contribution in [0.25, 0.3) is 16.9 Å². The first-order chi connectivity index (χ1) is 11.9. The van der Waals surface area contributed by atoms with Crippen molar-refractivity contribution in [2.75, 3.05) is 6.61 Å². The first kappa shape index (κ1) is 16.7. The molecule has 130 valence electrons. The van der Waals surface area contributed by atoms with E-state index in [0.717, 1.165) is 0 Å². The summed E-state index contributed by atoms with van der Waals surface area (Å²) in [6.45, 7) is 6.25. The molecule has 0 fully saturated rings. The highest BCUT2D eigenvalue weighted by Crippen LogP contribution is 2.21. The Balaban J connectivity index is 2.26. The van der Waals surface area contributed by atoms with E-state index in [1.54, 1.807) is 24.3 Å². The molecule has 8 heteroatoms. The van der Waals surface area contributed by atoms with Crippen LogP contribution < -0.4 is 16.2 Å². The van der Waals surface area contributed by atoms with E-state index in [9.17, 15) is 9.59 Å². The Labute approximate surface area is 143 Å². The molecule has 1 amide bonds. The average Bonchev–Trinajstić information content (AvgIpc) is 2.90. The maximum absolute atomic E-state index is 12.5. The molecule has 1 aromatic carbocycles. The van der Waals surface area contributed by atoms with E-state index in [0.29, 0.717) is 29.5 Å². The molecule has 0 aliphatic heterocycles. The Morgan fingerprint density at radius 2 is 1.96 bits per heavy atom. The van der Waals surface area contributed by atoms with Crippen LogP contribution in [0.4, 0.5) is 0 Å². The molecule has 0 radical (unpaired) electrons. The maximum atomic E-state index is 12.5. The van der Waals surface area contributed by atoms with E-state index in [2.05, 4.69) is 15.0 Å². The maximum Gasteiger partial charge on any atom is 0.332 e. The van der Waals surface area contributed by atoms with Crippen LogP contribution in [0.5, 0.6) is 5.75 Å². The average molecular weight is 341 g/mol. The van der Waals surface area contributed by atoms with Gasteiger partial charge in [0.25, 0.3) is 5.91 Å². The van der Waals surface area contributed by atoms with Gasteiger partial charge in [0.05, 0.1) is 12.3 Å². The molecular weight excluding hydrogens is 322 g/mol. The van der Waals surface area contributed by atoms with Gasteiger partial charge in [0, 0.05) is 5.92 Å². The molecule has 2 heterocycles. The number of benzene rings is 1. The zero-order valence-corrected chi connectivity index (χ0v) is 14.2. The fourth-order valence-electron chi connectivity index (χ4n) is 2.54. The number of hydrogen-bond acceptors (Lipinski definition) is 5. The summed E-state index contributed by atoms with van der Waals surface area (Å²) in [4.78, 5) is 35.5. The van der Waals surface area contributed by atoms with Crippen molar-refractivity contribution < 1.29 is 9.53 Å². The largest absolute Gasteiger partial charge is 0.494 e. The van der Waals surface area contributed by atoms with Gasteiger partial charge in [-0.2, -0.15) is 0 Å². The van der Waals surface area contributed by atoms with Crippen molar-refractivity contribution in [3.05, 3.63) is 46.3 Å². The summed E-state index contributed by atoms with van der Waals surface area (Å²) in [5.41, 5.74) is 6.17. The first-order valence-electron chi connectivity index (χ1n) is 7.98. The summed E-state index contributed by atoms with van der Waals surface area (Å²) >= 11 is 0. The Bertz CT molecular complexity index is 986. The minimum absolute atomic E-state index is 0.00971. The van der Waals surface area contributed by atoms with Crippen LogP contribution in [0.2, 0.25) is 0 Å². The third-order valence-electron chi connectivity index (χ3n) is 3.71. The Hall–Kier alpha value is -3.16. The quantitative estimate of drug-likeness (QED) is 0.733. The SMILES string of the molecule is CCOc1ccc(-n2c(=O)[nH]c3c(C(N)=O)nc(C(C)C)nc32)cc1. The van der Waals surface area contributed by atoms with Gasteiger partial charge in [0.2, 0.25) is 0 Å². The van der Waals surface area contributed by atoms with Crippen LogP contribution in [-0.4, -0.2) is 32.0 Å². The lowest BCUT2D eigenvalue weighted by atomic mass is 10.2. The number of amides is 1. The van der Waals surface area contributed by atoms with E-state index in [1.807, 2.05) is 20.8 Å². The molecule has 8 nitrogen and oxygen atoms in total. The number of aromatic amines is 1. The fraction of sp³-hybridized carbons (Fsp3) is 0.294. The van der Waals surface area contributed by atoms with Gasteiger partial charge in [-0.1, -0.05) is 13.8 Å². The summed E-state index contributed by atoms with van der Waals surface area (Å²) < 4.78 is 6.81. The lowest BCUT2D eigenvalue weighted by molar-refractivity contribution is 0.0996. The number of nitrogens with zero attached hydrogens (tertiary/aromatic N) is 3. The van der Waals surface area contributed by atoms with Crippen molar-refractivity contribution in [2.24, 2.45) is 5.73 Å². The Morgan fingerprint density at radius 1 is 1.28 bits per heavy atom. The number of ether oxygens (including phenoxy) is 1. The van der Waals surface area contributed by atoms with Gasteiger partial charge in [-0.3, -0.25) is 4.79 Å². The van der Waals surface area contributed by atoms with Crippen LogP contribution in [0.3, 0.4) is 0 Å². The van der Waals surface area contributed by atoms with E-state index < -0.39 is 11.6 Å². The Morgan fingerprint density at radius 3 is 2.52 bits per heavy atom. The second-order valence-electron chi connectivity index (χ2n) is 5.84. The smallest absolute Gasteiger partial charge is 0.332 e. The van der Waals surface area contributed by atoms with Gasteiger partial charge in [-0.05, 0) is 31.2 Å². The summed E-state index contributed by atoms with van der Waals surface area (Å²) in [6.07, 6.45) is 0. The molecular formula is C17H19N5O3. The lowest BCUT2D eigenvalue weighted by Crippen LogP contribution is -2.16. The number of rotatable bonds is 5. The van der Waals surface area contributed by atoms with Crippen LogP contribution >= 0.6 is 0 Å². The zero-order valence-electron chi connectivity index (χ0n) is 14.2. The third-order valence-corrected chi connectivity index (χ3v) is 3.71. The molecule has 25 heavy (non-hydrogen) atoms. The topological polar surface area (TPSA) is 116 Å². The second-order valence-corrected chi connectivity index (χ2v) is 5.84. The predicted molar refractivity (Wildman–Crippen MR) is 93.3 cm³/mol. The lowest BCUT2D eigenvalue weighted by Gasteiger charge is -2.09. The molecule has 3 aromatic rings. The van der Waals surface area contributed by atoms with Crippen molar-refractivity contribution in [3.8, 4) is 11.4 Å². The molecule has 0 saturated carbocycles. The number of carbonyl (C=O) groups is 1. The van der Waals surface area contributed by atoms with Crippen molar-refractivity contribution in [1.82, 2.24) is 19.5 Å². The van der Waals surface area contributed by atoms with Crippen LogP contribution in [0.1, 0.15) is 43.0 Å². The number of fused-ring (bicyclic) bond motifs is 1.